The Bertz CT molecular complexity index is 1010. The number of fused-ring (bicyclic) bond motifs is 1. The fourth-order valence-corrected chi connectivity index (χ4v) is 2.76. The van der Waals surface area contributed by atoms with Crippen molar-refractivity contribution in [3.8, 4) is 12.1 Å². The molecule has 3 heterocycles. The van der Waals surface area contributed by atoms with Gasteiger partial charge in [-0.1, -0.05) is 0 Å². The molecule has 0 spiro atoms. The van der Waals surface area contributed by atoms with Crippen LogP contribution in [0.15, 0.2) is 45.9 Å². The van der Waals surface area contributed by atoms with Crippen LogP contribution in [0.2, 0.25) is 0 Å². The van der Waals surface area contributed by atoms with E-state index in [2.05, 4.69) is 47.9 Å². The van der Waals surface area contributed by atoms with E-state index in [4.69, 9.17) is 37.3 Å². The molecule has 0 aliphatic heterocycles. The molecular formula is C18H17Br2ClN6O2. The molecule has 0 saturated heterocycles. The van der Waals surface area contributed by atoms with Gasteiger partial charge < -0.3 is 19.6 Å². The minimum atomic E-state index is -0.248. The fraction of sp³-hybridized carbons (Fsp3) is 0.222. The normalized spacial score (nSPS) is 9.66. The number of nitrogens with zero attached hydrogens (tertiary/aromatic N) is 5. The van der Waals surface area contributed by atoms with Crippen LogP contribution in [0, 0.1) is 22.7 Å². The lowest BCUT2D eigenvalue weighted by Crippen LogP contribution is -2.13. The maximum Gasteiger partial charge on any atom is 0.170 e. The van der Waals surface area contributed by atoms with Crippen LogP contribution in [0.25, 0.3) is 5.65 Å². The first-order valence-electron chi connectivity index (χ1n) is 7.85. The lowest BCUT2D eigenvalue weighted by Gasteiger charge is -2.06. The van der Waals surface area contributed by atoms with Gasteiger partial charge in [0.2, 0.25) is 0 Å². The maximum atomic E-state index is 8.70. The monoisotopic (exact) mass is 542 g/mol. The van der Waals surface area contributed by atoms with Gasteiger partial charge in [0.05, 0.1) is 26.0 Å². The van der Waals surface area contributed by atoms with Gasteiger partial charge in [0.25, 0.3) is 0 Å². The summed E-state index contributed by atoms with van der Waals surface area (Å²) in [6.45, 7) is 0. The molecule has 0 aliphatic rings. The highest BCUT2D eigenvalue weighted by molar-refractivity contribution is 9.10. The molecule has 0 unspecified atom stereocenters. The molecule has 3 aromatic heterocycles. The number of halogens is 3. The Balaban J connectivity index is 0.000000227. The van der Waals surface area contributed by atoms with Gasteiger partial charge in [0.1, 0.15) is 23.6 Å². The van der Waals surface area contributed by atoms with Crippen molar-refractivity contribution < 1.29 is 9.47 Å². The van der Waals surface area contributed by atoms with Gasteiger partial charge in [-0.2, -0.15) is 10.5 Å². The molecule has 0 radical (unpaired) electrons. The lowest BCUT2D eigenvalue weighted by molar-refractivity contribution is -0.0851. The average molecular weight is 545 g/mol. The quantitative estimate of drug-likeness (QED) is 0.389. The van der Waals surface area contributed by atoms with E-state index >= 15 is 0 Å². The predicted octanol–water partition coefficient (Wildman–Crippen LogP) is 4.11. The number of aromatic nitrogens is 3. The molecule has 0 atom stereocenters. The molecule has 0 amide bonds. The highest BCUT2D eigenvalue weighted by Crippen LogP contribution is 2.17. The summed E-state index contributed by atoms with van der Waals surface area (Å²) < 4.78 is 12.7. The van der Waals surface area contributed by atoms with Crippen LogP contribution in [0.3, 0.4) is 0 Å². The van der Waals surface area contributed by atoms with Gasteiger partial charge in [0.15, 0.2) is 6.29 Å². The number of nitrogens with two attached hydrogens (primary N) is 1. The Kier molecular flexibility index (Phi) is 11.2. The number of ether oxygens (including phenoxy) is 2. The van der Waals surface area contributed by atoms with Crippen molar-refractivity contribution in [2.75, 3.05) is 25.8 Å². The molecule has 2 N–H and O–H groups in total. The third-order valence-electron chi connectivity index (χ3n) is 3.25. The van der Waals surface area contributed by atoms with Crippen LogP contribution in [0.1, 0.15) is 11.1 Å². The number of hydrogen-bond donors (Lipinski definition) is 1. The zero-order valence-electron chi connectivity index (χ0n) is 15.5. The van der Waals surface area contributed by atoms with Crippen molar-refractivity contribution in [3.05, 3.63) is 57.0 Å². The van der Waals surface area contributed by atoms with Gasteiger partial charge in [0, 0.05) is 45.1 Å². The van der Waals surface area contributed by atoms with Crippen LogP contribution in [-0.2, 0) is 9.47 Å². The predicted molar refractivity (Wildman–Crippen MR) is 117 cm³/mol. The van der Waals surface area contributed by atoms with Crippen LogP contribution >= 0.6 is 43.5 Å². The second-order valence-corrected chi connectivity index (χ2v) is 7.11. The minimum absolute atomic E-state index is 0.248. The Labute approximate surface area is 190 Å². The number of imidazole rings is 1. The van der Waals surface area contributed by atoms with E-state index in [1.165, 1.54) is 12.3 Å². The van der Waals surface area contributed by atoms with Gasteiger partial charge in [-0.3, -0.25) is 0 Å². The molecule has 3 aromatic rings. The van der Waals surface area contributed by atoms with Crippen LogP contribution < -0.4 is 5.73 Å². The molecule has 0 fully saturated rings. The molecular weight excluding hydrogens is 527 g/mol. The van der Waals surface area contributed by atoms with Crippen LogP contribution in [0.5, 0.6) is 0 Å². The lowest BCUT2D eigenvalue weighted by atomic mass is 10.3. The molecule has 0 bridgehead atoms. The summed E-state index contributed by atoms with van der Waals surface area (Å²) in [7, 11) is 3.10. The largest absolute Gasteiger partial charge is 0.384 e. The summed E-state index contributed by atoms with van der Waals surface area (Å²) in [6, 6.07) is 7.30. The molecule has 3 rings (SSSR count). The summed E-state index contributed by atoms with van der Waals surface area (Å²) in [5.74, 6) is 0.743. The van der Waals surface area contributed by atoms with Crippen molar-refractivity contribution in [2.24, 2.45) is 0 Å². The number of alkyl halides is 1. The number of pyridine rings is 2. The highest BCUT2D eigenvalue weighted by atomic mass is 79.9. The van der Waals surface area contributed by atoms with Crippen molar-refractivity contribution in [1.82, 2.24) is 14.4 Å². The molecule has 152 valence electrons. The van der Waals surface area contributed by atoms with Crippen molar-refractivity contribution in [1.29, 1.82) is 10.5 Å². The third-order valence-corrected chi connectivity index (χ3v) is 4.77. The first kappa shape index (κ1) is 24.8. The molecule has 0 aromatic carbocycles. The Morgan fingerprint density at radius 3 is 2.24 bits per heavy atom. The van der Waals surface area contributed by atoms with E-state index in [1.54, 1.807) is 26.5 Å². The van der Waals surface area contributed by atoms with Gasteiger partial charge in [-0.15, -0.1) is 11.6 Å². The summed E-state index contributed by atoms with van der Waals surface area (Å²) >= 11 is 11.8. The second kappa shape index (κ2) is 13.1. The zero-order valence-corrected chi connectivity index (χ0v) is 19.4. The smallest absolute Gasteiger partial charge is 0.170 e. The first-order chi connectivity index (χ1) is 13.9. The van der Waals surface area contributed by atoms with Crippen LogP contribution in [-0.4, -0.2) is 40.8 Å². The van der Waals surface area contributed by atoms with E-state index in [0.717, 1.165) is 10.1 Å². The van der Waals surface area contributed by atoms with E-state index in [9.17, 15) is 0 Å². The Hall–Kier alpha value is -2.21. The number of hydrogen-bond acceptors (Lipinski definition) is 7. The van der Waals surface area contributed by atoms with Crippen LogP contribution in [0.4, 0.5) is 5.82 Å². The van der Waals surface area contributed by atoms with Crippen molar-refractivity contribution >= 4 is 54.9 Å². The number of anilines is 1. The Morgan fingerprint density at radius 1 is 1.14 bits per heavy atom. The molecule has 0 saturated carbocycles. The van der Waals surface area contributed by atoms with Gasteiger partial charge in [-0.25, -0.2) is 9.97 Å². The van der Waals surface area contributed by atoms with Gasteiger partial charge in [-0.05, 0) is 37.9 Å². The minimum Gasteiger partial charge on any atom is -0.384 e. The second-order valence-electron chi connectivity index (χ2n) is 5.10. The summed E-state index contributed by atoms with van der Waals surface area (Å²) in [5.41, 5.74) is 7.22. The number of rotatable bonds is 3. The van der Waals surface area contributed by atoms with Crippen molar-refractivity contribution in [3.63, 3.8) is 0 Å². The number of nitriles is 2. The van der Waals surface area contributed by atoms with E-state index in [1.807, 2.05) is 22.9 Å². The van der Waals surface area contributed by atoms with E-state index in [-0.39, 0.29) is 6.29 Å². The van der Waals surface area contributed by atoms with E-state index in [0.29, 0.717) is 27.3 Å². The third kappa shape index (κ3) is 7.97. The Morgan fingerprint density at radius 2 is 1.76 bits per heavy atom. The first-order valence-corrected chi connectivity index (χ1v) is 9.97. The SMILES string of the molecule is COC(CCl)OC.N#Cc1cc(N)ncc1Br.N#Cc1cc2nccn2cc1Br. The summed E-state index contributed by atoms with van der Waals surface area (Å²) in [6.07, 6.45) is 6.61. The summed E-state index contributed by atoms with van der Waals surface area (Å²) in [5, 5.41) is 17.2. The van der Waals surface area contributed by atoms with Gasteiger partial charge >= 0.3 is 0 Å². The van der Waals surface area contributed by atoms with Crippen molar-refractivity contribution in [2.45, 2.75) is 6.29 Å². The number of methoxy groups -OCH3 is 2. The zero-order chi connectivity index (χ0) is 21.8. The fourth-order valence-electron chi connectivity index (χ4n) is 1.78. The molecule has 8 nitrogen and oxygen atoms in total. The average Bonchev–Trinajstić information content (AvgIpc) is 3.18. The van der Waals surface area contributed by atoms with E-state index < -0.39 is 0 Å². The molecule has 29 heavy (non-hydrogen) atoms. The topological polar surface area (TPSA) is 122 Å². The highest BCUT2D eigenvalue weighted by Gasteiger charge is 2.01. The summed E-state index contributed by atoms with van der Waals surface area (Å²) in [4.78, 5) is 7.83. The molecule has 0 aliphatic carbocycles. The maximum absolute atomic E-state index is 8.70. The molecule has 11 heteroatoms. The standard InChI is InChI=1S/C8H4BrN3.C6H4BrN3.C4H9ClO2/c9-7-5-12-2-1-11-8(12)3-6(7)4-10;7-5-3-10-6(9)1-4(5)2-8;1-6-4(3-5)7-2/h1-3,5H;1,3H,(H2,9,10);4H,3H2,1-2H3. The number of nitrogen functional groups attached to an aromatic ring is 1.